The van der Waals surface area contributed by atoms with Crippen LogP contribution in [-0.4, -0.2) is 17.0 Å². The Morgan fingerprint density at radius 3 is 2.27 bits per heavy atom. The van der Waals surface area contributed by atoms with Crippen molar-refractivity contribution in [2.24, 2.45) is 5.41 Å². The summed E-state index contributed by atoms with van der Waals surface area (Å²) in [6.07, 6.45) is -0.293. The first kappa shape index (κ1) is 12.9. The fourth-order valence-corrected chi connectivity index (χ4v) is 2.26. The molecule has 0 saturated carbocycles. The fraction of sp³-hybridized carbons (Fsp3) is 0.500. The summed E-state index contributed by atoms with van der Waals surface area (Å²) in [4.78, 5) is 1.14. The molecule has 0 spiro atoms. The topological polar surface area (TPSA) is 20.2 Å². The summed E-state index contributed by atoms with van der Waals surface area (Å²) in [7, 11) is 0. The molecular weight excluding hydrogens is 228 g/mol. The first-order valence-corrected chi connectivity index (χ1v) is 6.32. The Balaban J connectivity index is 2.47. The predicted octanol–water partition coefficient (Wildman–Crippen LogP) is 3.84. The normalized spacial score (nSPS) is 13.9. The summed E-state index contributed by atoms with van der Waals surface area (Å²) in [6, 6.07) is 7.69. The molecule has 0 fully saturated rings. The van der Waals surface area contributed by atoms with Gasteiger partial charge < -0.3 is 5.11 Å². The molecule has 1 nitrogen and oxygen atoms in total. The SMILES string of the molecule is CC(C)(C)C(O)CSc1ccc(Cl)cc1. The average molecular weight is 245 g/mol. The van der Waals surface area contributed by atoms with Crippen LogP contribution < -0.4 is 0 Å². The number of hydrogen-bond donors (Lipinski definition) is 1. The molecule has 0 aromatic heterocycles. The van der Waals surface area contributed by atoms with Crippen LogP contribution in [0, 0.1) is 5.41 Å². The van der Waals surface area contributed by atoms with Gasteiger partial charge in [0.05, 0.1) is 6.10 Å². The van der Waals surface area contributed by atoms with E-state index in [1.165, 1.54) is 0 Å². The van der Waals surface area contributed by atoms with Crippen LogP contribution in [0.5, 0.6) is 0 Å². The van der Waals surface area contributed by atoms with E-state index < -0.39 is 0 Å². The number of thioether (sulfide) groups is 1. The molecule has 0 aliphatic carbocycles. The Bertz CT molecular complexity index is 302. The molecule has 0 heterocycles. The lowest BCUT2D eigenvalue weighted by Crippen LogP contribution is -2.28. The van der Waals surface area contributed by atoms with Gasteiger partial charge in [-0.3, -0.25) is 0 Å². The summed E-state index contributed by atoms with van der Waals surface area (Å²) in [5, 5.41) is 10.6. The van der Waals surface area contributed by atoms with Crippen molar-refractivity contribution >= 4 is 23.4 Å². The summed E-state index contributed by atoms with van der Waals surface area (Å²) in [6.45, 7) is 6.13. The van der Waals surface area contributed by atoms with Crippen molar-refractivity contribution in [2.45, 2.75) is 31.8 Å². The van der Waals surface area contributed by atoms with Gasteiger partial charge in [0, 0.05) is 15.7 Å². The second kappa shape index (κ2) is 5.24. The van der Waals surface area contributed by atoms with E-state index >= 15 is 0 Å². The van der Waals surface area contributed by atoms with Crippen molar-refractivity contribution in [3.8, 4) is 0 Å². The highest BCUT2D eigenvalue weighted by atomic mass is 35.5. The van der Waals surface area contributed by atoms with Gasteiger partial charge >= 0.3 is 0 Å². The zero-order valence-corrected chi connectivity index (χ0v) is 10.9. The van der Waals surface area contributed by atoms with Gasteiger partial charge in [-0.1, -0.05) is 32.4 Å². The van der Waals surface area contributed by atoms with E-state index in [0.717, 1.165) is 9.92 Å². The van der Waals surface area contributed by atoms with Gasteiger partial charge in [0.25, 0.3) is 0 Å². The molecule has 1 N–H and O–H groups in total. The van der Waals surface area contributed by atoms with Gasteiger partial charge in [-0.15, -0.1) is 11.8 Å². The van der Waals surface area contributed by atoms with Crippen LogP contribution in [-0.2, 0) is 0 Å². The molecule has 1 atom stereocenters. The number of halogens is 1. The monoisotopic (exact) mass is 244 g/mol. The second-order valence-corrected chi connectivity index (χ2v) is 6.18. The van der Waals surface area contributed by atoms with Gasteiger partial charge in [-0.05, 0) is 29.7 Å². The summed E-state index contributed by atoms with van der Waals surface area (Å²) < 4.78 is 0. The molecular formula is C12H17ClOS. The van der Waals surface area contributed by atoms with Crippen molar-refractivity contribution in [3.63, 3.8) is 0 Å². The second-order valence-electron chi connectivity index (χ2n) is 4.65. The fourth-order valence-electron chi connectivity index (χ4n) is 0.956. The first-order chi connectivity index (χ1) is 6.89. The highest BCUT2D eigenvalue weighted by Crippen LogP contribution is 2.27. The maximum atomic E-state index is 9.85. The number of rotatable bonds is 3. The van der Waals surface area contributed by atoms with Gasteiger partial charge in [0.2, 0.25) is 0 Å². The molecule has 0 aliphatic heterocycles. The molecule has 0 amide bonds. The van der Waals surface area contributed by atoms with Gasteiger partial charge in [0.15, 0.2) is 0 Å². The van der Waals surface area contributed by atoms with E-state index in [4.69, 9.17) is 11.6 Å². The minimum absolute atomic E-state index is 0.0561. The Kier molecular flexibility index (Phi) is 4.50. The molecule has 1 unspecified atom stereocenters. The maximum absolute atomic E-state index is 9.85. The molecule has 0 radical (unpaired) electrons. The van der Waals surface area contributed by atoms with E-state index in [-0.39, 0.29) is 11.5 Å². The third kappa shape index (κ3) is 4.45. The molecule has 0 bridgehead atoms. The average Bonchev–Trinajstić information content (AvgIpc) is 2.15. The highest BCUT2D eigenvalue weighted by molar-refractivity contribution is 7.99. The van der Waals surface area contributed by atoms with Crippen molar-refractivity contribution < 1.29 is 5.11 Å². The number of aliphatic hydroxyl groups excluding tert-OH is 1. The summed E-state index contributed by atoms with van der Waals surface area (Å²) in [5.74, 6) is 0.713. The van der Waals surface area contributed by atoms with E-state index in [1.807, 2.05) is 45.0 Å². The van der Waals surface area contributed by atoms with Crippen LogP contribution in [0.2, 0.25) is 5.02 Å². The predicted molar refractivity (Wildman–Crippen MR) is 67.6 cm³/mol. The van der Waals surface area contributed by atoms with Crippen LogP contribution in [0.25, 0.3) is 0 Å². The van der Waals surface area contributed by atoms with Crippen LogP contribution in [0.1, 0.15) is 20.8 Å². The largest absolute Gasteiger partial charge is 0.392 e. The lowest BCUT2D eigenvalue weighted by Gasteiger charge is -2.25. The third-order valence-electron chi connectivity index (χ3n) is 2.22. The standard InChI is InChI=1S/C12H17ClOS/c1-12(2,3)11(14)8-15-10-6-4-9(13)5-7-10/h4-7,11,14H,8H2,1-3H3. The summed E-state index contributed by atoms with van der Waals surface area (Å²) in [5.41, 5.74) is -0.0561. The lowest BCUT2D eigenvalue weighted by atomic mass is 9.90. The molecule has 84 valence electrons. The Hall–Kier alpha value is -0.180. The zero-order valence-electron chi connectivity index (χ0n) is 9.33. The smallest absolute Gasteiger partial charge is 0.0682 e. The minimum Gasteiger partial charge on any atom is -0.392 e. The molecule has 0 saturated heterocycles. The molecule has 15 heavy (non-hydrogen) atoms. The first-order valence-electron chi connectivity index (χ1n) is 4.96. The minimum atomic E-state index is -0.293. The molecule has 1 aromatic rings. The molecule has 1 rings (SSSR count). The van der Waals surface area contributed by atoms with Crippen molar-refractivity contribution in [1.82, 2.24) is 0 Å². The quantitative estimate of drug-likeness (QED) is 0.816. The van der Waals surface area contributed by atoms with Gasteiger partial charge in [0.1, 0.15) is 0 Å². The molecule has 0 aliphatic rings. The van der Waals surface area contributed by atoms with Crippen LogP contribution in [0.3, 0.4) is 0 Å². The Labute approximate surface area is 101 Å². The van der Waals surface area contributed by atoms with E-state index in [9.17, 15) is 5.11 Å². The lowest BCUT2D eigenvalue weighted by molar-refractivity contribution is 0.0843. The highest BCUT2D eigenvalue weighted by Gasteiger charge is 2.21. The van der Waals surface area contributed by atoms with E-state index in [0.29, 0.717) is 5.75 Å². The van der Waals surface area contributed by atoms with E-state index in [1.54, 1.807) is 11.8 Å². The zero-order chi connectivity index (χ0) is 11.5. The maximum Gasteiger partial charge on any atom is 0.0682 e. The van der Waals surface area contributed by atoms with Crippen LogP contribution in [0.4, 0.5) is 0 Å². The summed E-state index contributed by atoms with van der Waals surface area (Å²) >= 11 is 7.44. The van der Waals surface area contributed by atoms with Crippen molar-refractivity contribution in [1.29, 1.82) is 0 Å². The number of benzene rings is 1. The van der Waals surface area contributed by atoms with Gasteiger partial charge in [-0.2, -0.15) is 0 Å². The molecule has 3 heteroatoms. The van der Waals surface area contributed by atoms with Crippen molar-refractivity contribution in [2.75, 3.05) is 5.75 Å². The van der Waals surface area contributed by atoms with Crippen LogP contribution in [0.15, 0.2) is 29.2 Å². The van der Waals surface area contributed by atoms with Crippen LogP contribution >= 0.6 is 23.4 Å². The Morgan fingerprint density at radius 2 is 1.80 bits per heavy atom. The number of hydrogen-bond acceptors (Lipinski definition) is 2. The van der Waals surface area contributed by atoms with Crippen molar-refractivity contribution in [3.05, 3.63) is 29.3 Å². The number of aliphatic hydroxyl groups is 1. The Morgan fingerprint density at radius 1 is 1.27 bits per heavy atom. The van der Waals surface area contributed by atoms with E-state index in [2.05, 4.69) is 0 Å². The van der Waals surface area contributed by atoms with Gasteiger partial charge in [-0.25, -0.2) is 0 Å². The molecule has 1 aromatic carbocycles. The third-order valence-corrected chi connectivity index (χ3v) is 3.56.